The molecule has 0 bridgehead atoms. The van der Waals surface area contributed by atoms with Gasteiger partial charge in [0.05, 0.1) is 44.1 Å². The van der Waals surface area contributed by atoms with E-state index in [0.717, 1.165) is 11.3 Å². The van der Waals surface area contributed by atoms with E-state index in [2.05, 4.69) is 20.9 Å². The zero-order chi connectivity index (χ0) is 19.7. The second kappa shape index (κ2) is 7.70. The Bertz CT molecular complexity index is 979. The third-order valence-electron chi connectivity index (χ3n) is 4.21. The maximum atomic E-state index is 10.3. The number of methoxy groups -OCH3 is 3. The second-order valence-electron chi connectivity index (χ2n) is 5.73. The van der Waals surface area contributed by atoms with Crippen LogP contribution in [0.3, 0.4) is 0 Å². The number of hydrogen-bond donors (Lipinski definition) is 1. The summed E-state index contributed by atoms with van der Waals surface area (Å²) in [5.74, 6) is 1.42. The van der Waals surface area contributed by atoms with E-state index in [1.165, 1.54) is 7.11 Å². The Hall–Kier alpha value is -2.38. The zero-order valence-corrected chi connectivity index (χ0v) is 17.6. The fourth-order valence-electron chi connectivity index (χ4n) is 2.86. The van der Waals surface area contributed by atoms with Gasteiger partial charge >= 0.3 is 0 Å². The molecule has 3 rings (SSSR count). The lowest BCUT2D eigenvalue weighted by molar-refractivity contribution is 0.374. The van der Waals surface area contributed by atoms with E-state index in [9.17, 15) is 5.11 Å². The number of rotatable bonds is 5. The number of phenolic OH excluding ortho intramolecular Hbond substituents is 1. The fraction of sp³-hybridized carbons (Fsp3) is 0.211. The molecule has 0 unspecified atom stereocenters. The maximum Gasteiger partial charge on any atom is 0.177 e. The molecule has 2 aromatic carbocycles. The zero-order valence-electron chi connectivity index (χ0n) is 15.2. The first kappa shape index (κ1) is 19.4. The molecule has 27 heavy (non-hydrogen) atoms. The average molecular weight is 454 g/mol. The number of benzene rings is 2. The van der Waals surface area contributed by atoms with Gasteiger partial charge in [-0.25, -0.2) is 4.98 Å². The average Bonchev–Trinajstić information content (AvgIpc) is 3.05. The number of hydrogen-bond acceptors (Lipinski definition) is 5. The highest BCUT2D eigenvalue weighted by atomic mass is 79.9. The quantitative estimate of drug-likeness (QED) is 0.595. The van der Waals surface area contributed by atoms with Crippen LogP contribution in [0.25, 0.3) is 22.5 Å². The molecule has 8 heteroatoms. The lowest BCUT2D eigenvalue weighted by atomic mass is 10.0. The Morgan fingerprint density at radius 3 is 2.19 bits per heavy atom. The van der Waals surface area contributed by atoms with Crippen molar-refractivity contribution in [2.45, 2.75) is 0 Å². The van der Waals surface area contributed by atoms with E-state index >= 15 is 0 Å². The van der Waals surface area contributed by atoms with Crippen molar-refractivity contribution in [2.24, 2.45) is 7.05 Å². The van der Waals surface area contributed by atoms with E-state index in [0.29, 0.717) is 33.0 Å². The number of halogens is 2. The van der Waals surface area contributed by atoms with E-state index in [1.54, 1.807) is 32.7 Å². The Morgan fingerprint density at radius 2 is 1.63 bits per heavy atom. The lowest BCUT2D eigenvalue weighted by Crippen LogP contribution is -1.95. The molecular formula is C19H18BrClN2O4. The molecule has 6 nitrogen and oxygen atoms in total. The van der Waals surface area contributed by atoms with E-state index in [1.807, 2.05) is 23.7 Å². The van der Waals surface area contributed by atoms with Gasteiger partial charge in [0.15, 0.2) is 11.5 Å². The predicted octanol–water partition coefficient (Wildman–Crippen LogP) is 4.90. The number of aromatic nitrogens is 2. The van der Waals surface area contributed by atoms with Crippen LogP contribution in [0.15, 0.2) is 35.1 Å². The molecule has 1 heterocycles. The predicted molar refractivity (Wildman–Crippen MR) is 108 cm³/mol. The summed E-state index contributed by atoms with van der Waals surface area (Å²) >= 11 is 9.88. The molecule has 1 aromatic heterocycles. The monoisotopic (exact) mass is 452 g/mol. The van der Waals surface area contributed by atoms with Gasteiger partial charge in [0, 0.05) is 18.2 Å². The number of nitrogens with zero attached hydrogens (tertiary/aromatic N) is 2. The molecule has 0 spiro atoms. The Balaban J connectivity index is 2.25. The van der Waals surface area contributed by atoms with Gasteiger partial charge in [-0.15, -0.1) is 0 Å². The van der Waals surface area contributed by atoms with Crippen LogP contribution < -0.4 is 14.2 Å². The Kier molecular flexibility index (Phi) is 5.53. The number of aryl methyl sites for hydroxylation is 1. The van der Waals surface area contributed by atoms with E-state index < -0.39 is 0 Å². The Morgan fingerprint density at radius 1 is 1.04 bits per heavy atom. The summed E-state index contributed by atoms with van der Waals surface area (Å²) in [4.78, 5) is 4.52. The lowest BCUT2D eigenvalue weighted by Gasteiger charge is -2.14. The van der Waals surface area contributed by atoms with Crippen molar-refractivity contribution in [3.8, 4) is 45.5 Å². The van der Waals surface area contributed by atoms with E-state index in [-0.39, 0.29) is 10.8 Å². The van der Waals surface area contributed by atoms with Crippen LogP contribution in [0.4, 0.5) is 0 Å². The van der Waals surface area contributed by atoms with Gasteiger partial charge in [-0.1, -0.05) is 11.6 Å². The highest BCUT2D eigenvalue weighted by Gasteiger charge is 2.21. The third kappa shape index (κ3) is 3.33. The maximum absolute atomic E-state index is 10.3. The van der Waals surface area contributed by atoms with Crippen molar-refractivity contribution in [3.63, 3.8) is 0 Å². The molecule has 0 saturated carbocycles. The van der Waals surface area contributed by atoms with Gasteiger partial charge in [0.1, 0.15) is 16.0 Å². The fourth-order valence-corrected chi connectivity index (χ4v) is 3.66. The molecular weight excluding hydrogens is 436 g/mol. The van der Waals surface area contributed by atoms with Gasteiger partial charge < -0.3 is 23.9 Å². The third-order valence-corrected chi connectivity index (χ3v) is 5.37. The molecule has 0 atom stereocenters. The summed E-state index contributed by atoms with van der Waals surface area (Å²) < 4.78 is 18.5. The van der Waals surface area contributed by atoms with Crippen LogP contribution >= 0.6 is 27.5 Å². The summed E-state index contributed by atoms with van der Waals surface area (Å²) in [5, 5.41) is 10.5. The molecule has 0 saturated heterocycles. The highest BCUT2D eigenvalue weighted by Crippen LogP contribution is 2.45. The normalized spacial score (nSPS) is 10.7. The van der Waals surface area contributed by atoms with Crippen LogP contribution in [-0.4, -0.2) is 36.0 Å². The molecule has 0 amide bonds. The van der Waals surface area contributed by atoms with Crippen LogP contribution in [0.1, 0.15) is 0 Å². The summed E-state index contributed by atoms with van der Waals surface area (Å²) in [5.41, 5.74) is 2.83. The van der Waals surface area contributed by atoms with Gasteiger partial charge in [0.2, 0.25) is 0 Å². The van der Waals surface area contributed by atoms with Crippen LogP contribution in [0.2, 0.25) is 5.02 Å². The van der Waals surface area contributed by atoms with Crippen LogP contribution in [-0.2, 0) is 7.05 Å². The van der Waals surface area contributed by atoms with Crippen molar-refractivity contribution in [1.82, 2.24) is 9.55 Å². The minimum Gasteiger partial charge on any atom is -0.503 e. The number of imidazole rings is 1. The van der Waals surface area contributed by atoms with Crippen LogP contribution in [0.5, 0.6) is 23.0 Å². The van der Waals surface area contributed by atoms with Crippen molar-refractivity contribution in [3.05, 3.63) is 40.1 Å². The van der Waals surface area contributed by atoms with Crippen molar-refractivity contribution < 1.29 is 19.3 Å². The first-order valence-corrected chi connectivity index (χ1v) is 9.09. The summed E-state index contributed by atoms with van der Waals surface area (Å²) in [7, 11) is 6.50. The molecule has 0 aliphatic carbocycles. The van der Waals surface area contributed by atoms with Crippen LogP contribution in [0, 0.1) is 0 Å². The second-order valence-corrected chi connectivity index (χ2v) is 6.90. The minimum atomic E-state index is -0.116. The van der Waals surface area contributed by atoms with Gasteiger partial charge in [-0.2, -0.15) is 0 Å². The van der Waals surface area contributed by atoms with Crippen molar-refractivity contribution in [1.29, 1.82) is 0 Å². The molecule has 0 fully saturated rings. The summed E-state index contributed by atoms with van der Waals surface area (Å²) in [6.45, 7) is 0. The minimum absolute atomic E-state index is 0.116. The number of ether oxygens (including phenoxy) is 3. The van der Waals surface area contributed by atoms with Gasteiger partial charge in [0.25, 0.3) is 0 Å². The molecule has 0 radical (unpaired) electrons. The molecule has 1 N–H and O–H groups in total. The van der Waals surface area contributed by atoms with Crippen molar-refractivity contribution in [2.75, 3.05) is 21.3 Å². The number of aromatic hydroxyl groups is 1. The summed E-state index contributed by atoms with van der Waals surface area (Å²) in [6, 6.07) is 7.16. The topological polar surface area (TPSA) is 65.7 Å². The van der Waals surface area contributed by atoms with Crippen molar-refractivity contribution >= 4 is 27.5 Å². The highest BCUT2D eigenvalue weighted by molar-refractivity contribution is 9.10. The molecule has 142 valence electrons. The first-order chi connectivity index (χ1) is 12.9. The largest absolute Gasteiger partial charge is 0.503 e. The molecule has 3 aromatic rings. The SMILES string of the molecule is COc1ccc(-c2c(-c3cc(OC)c(Br)c(OC)c3)ncn2C)c(Cl)c1O. The Labute approximate surface area is 170 Å². The van der Waals surface area contributed by atoms with Gasteiger partial charge in [-0.05, 0) is 40.2 Å². The smallest absolute Gasteiger partial charge is 0.177 e. The summed E-state index contributed by atoms with van der Waals surface area (Å²) in [6.07, 6.45) is 1.68. The van der Waals surface area contributed by atoms with E-state index in [4.69, 9.17) is 25.8 Å². The molecule has 0 aliphatic rings. The molecule has 0 aliphatic heterocycles. The number of phenols is 1. The van der Waals surface area contributed by atoms with Gasteiger partial charge in [-0.3, -0.25) is 0 Å². The first-order valence-electron chi connectivity index (χ1n) is 7.91. The standard InChI is InChI=1S/C19H18BrClN2O4/c1-23-9-22-17(10-7-13(26-3)15(20)14(8-10)27-4)18(23)11-5-6-12(25-2)19(24)16(11)21/h5-9,24H,1-4H3.